The van der Waals surface area contributed by atoms with Crippen molar-refractivity contribution in [2.24, 2.45) is 5.92 Å². The predicted molar refractivity (Wildman–Crippen MR) is 60.4 cm³/mol. The van der Waals surface area contributed by atoms with Crippen molar-refractivity contribution in [3.8, 4) is 0 Å². The maximum absolute atomic E-state index is 2.29. The van der Waals surface area contributed by atoms with Crippen molar-refractivity contribution in [2.45, 2.75) is 71.1 Å². The Morgan fingerprint density at radius 3 is 2.08 bits per heavy atom. The molecule has 1 saturated carbocycles. The summed E-state index contributed by atoms with van der Waals surface area (Å²) >= 11 is 0. The molecule has 0 aromatic carbocycles. The van der Waals surface area contributed by atoms with Crippen LogP contribution in [0, 0.1) is 5.92 Å². The van der Waals surface area contributed by atoms with Crippen LogP contribution in [0.4, 0.5) is 0 Å². The normalized spacial score (nSPS) is 16.4. The average Bonchev–Trinajstić information content (AvgIpc) is 2.00. The first-order valence-corrected chi connectivity index (χ1v) is 5.93. The molecular formula is C12H27N. The van der Waals surface area contributed by atoms with Crippen LogP contribution in [-0.4, -0.2) is 0 Å². The molecule has 0 aromatic rings. The highest BCUT2D eigenvalue weighted by molar-refractivity contribution is 4.68. The van der Waals surface area contributed by atoms with Crippen molar-refractivity contribution >= 4 is 0 Å². The first-order chi connectivity index (χ1) is 5.93. The van der Waals surface area contributed by atoms with Crippen LogP contribution in [0.25, 0.3) is 0 Å². The third-order valence-corrected chi connectivity index (χ3v) is 3.19. The highest BCUT2D eigenvalue weighted by Crippen LogP contribution is 2.31. The van der Waals surface area contributed by atoms with Crippen molar-refractivity contribution in [3.63, 3.8) is 0 Å². The lowest BCUT2D eigenvalue weighted by atomic mass is 9.81. The summed E-state index contributed by atoms with van der Waals surface area (Å²) in [6, 6.07) is 0. The molecule has 0 atom stereocenters. The second-order valence-electron chi connectivity index (χ2n) is 4.35. The summed E-state index contributed by atoms with van der Waals surface area (Å²) in [5.74, 6) is 1.14. The zero-order valence-electron chi connectivity index (χ0n) is 9.36. The Morgan fingerprint density at radius 2 is 1.54 bits per heavy atom. The van der Waals surface area contributed by atoms with Gasteiger partial charge in [-0.25, -0.2) is 0 Å². The van der Waals surface area contributed by atoms with Crippen molar-refractivity contribution in [1.82, 2.24) is 6.15 Å². The highest BCUT2D eigenvalue weighted by Gasteiger charge is 2.15. The molecule has 1 heteroatoms. The Kier molecular flexibility index (Phi) is 8.53. The number of hydrogen-bond donors (Lipinski definition) is 1. The van der Waals surface area contributed by atoms with Gasteiger partial charge in [-0.15, -0.1) is 0 Å². The Balaban J connectivity index is 0.00000144. The van der Waals surface area contributed by atoms with Gasteiger partial charge in [-0.1, -0.05) is 71.1 Å². The standard InChI is InChI=1S/C12H24.H3N/c1-2-3-4-5-6-7-9-12-10-8-11-12;/h12H,2-11H2,1H3;1H3. The Labute approximate surface area is 83.9 Å². The lowest BCUT2D eigenvalue weighted by Gasteiger charge is -2.24. The first-order valence-electron chi connectivity index (χ1n) is 5.93. The number of rotatable bonds is 7. The third kappa shape index (κ3) is 6.09. The van der Waals surface area contributed by atoms with Gasteiger partial charge >= 0.3 is 0 Å². The van der Waals surface area contributed by atoms with Crippen LogP contribution < -0.4 is 6.15 Å². The van der Waals surface area contributed by atoms with Gasteiger partial charge < -0.3 is 6.15 Å². The first kappa shape index (κ1) is 13.0. The molecule has 0 aromatic heterocycles. The van der Waals surface area contributed by atoms with Gasteiger partial charge in [-0.2, -0.15) is 0 Å². The molecular weight excluding hydrogens is 158 g/mol. The van der Waals surface area contributed by atoms with Crippen molar-refractivity contribution in [3.05, 3.63) is 0 Å². The average molecular weight is 185 g/mol. The summed E-state index contributed by atoms with van der Waals surface area (Å²) in [7, 11) is 0. The van der Waals surface area contributed by atoms with E-state index in [9.17, 15) is 0 Å². The van der Waals surface area contributed by atoms with Crippen LogP contribution in [-0.2, 0) is 0 Å². The molecule has 0 saturated heterocycles. The minimum Gasteiger partial charge on any atom is -0.344 e. The van der Waals surface area contributed by atoms with E-state index in [1.54, 1.807) is 0 Å². The van der Waals surface area contributed by atoms with E-state index in [2.05, 4.69) is 6.92 Å². The third-order valence-electron chi connectivity index (χ3n) is 3.19. The predicted octanol–water partition coefficient (Wildman–Crippen LogP) is 4.70. The summed E-state index contributed by atoms with van der Waals surface area (Å²) in [5, 5.41) is 0. The van der Waals surface area contributed by atoms with Crippen molar-refractivity contribution < 1.29 is 0 Å². The van der Waals surface area contributed by atoms with E-state index < -0.39 is 0 Å². The largest absolute Gasteiger partial charge is 0.344 e. The van der Waals surface area contributed by atoms with Crippen LogP contribution in [0.2, 0.25) is 0 Å². The molecule has 1 nitrogen and oxygen atoms in total. The molecule has 80 valence electrons. The van der Waals surface area contributed by atoms with E-state index in [-0.39, 0.29) is 6.15 Å². The smallest absolute Gasteiger partial charge is 0.0414 e. The molecule has 1 aliphatic rings. The van der Waals surface area contributed by atoms with Crippen LogP contribution in [0.15, 0.2) is 0 Å². The zero-order chi connectivity index (χ0) is 8.65. The Hall–Kier alpha value is -0.0400. The monoisotopic (exact) mass is 185 g/mol. The van der Waals surface area contributed by atoms with Gasteiger partial charge in [0.05, 0.1) is 0 Å². The van der Waals surface area contributed by atoms with Crippen LogP contribution in [0.3, 0.4) is 0 Å². The minimum atomic E-state index is 0. The second kappa shape index (κ2) is 8.55. The maximum Gasteiger partial charge on any atom is -0.0414 e. The molecule has 1 aliphatic carbocycles. The molecule has 3 N–H and O–H groups in total. The van der Waals surface area contributed by atoms with E-state index in [1.165, 1.54) is 64.2 Å². The SMILES string of the molecule is CCCCCCCCC1CCC1.N. The van der Waals surface area contributed by atoms with Gasteiger partial charge in [-0.3, -0.25) is 0 Å². The minimum absolute atomic E-state index is 0. The fourth-order valence-electron chi connectivity index (χ4n) is 1.99. The lowest BCUT2D eigenvalue weighted by Crippen LogP contribution is -2.10. The quantitative estimate of drug-likeness (QED) is 0.573. The summed E-state index contributed by atoms with van der Waals surface area (Å²) in [6.45, 7) is 2.29. The molecule has 0 radical (unpaired) electrons. The molecule has 1 fully saturated rings. The van der Waals surface area contributed by atoms with Gasteiger partial charge in [0.15, 0.2) is 0 Å². The topological polar surface area (TPSA) is 35.0 Å². The van der Waals surface area contributed by atoms with Gasteiger partial charge in [0.1, 0.15) is 0 Å². The van der Waals surface area contributed by atoms with Gasteiger partial charge in [0.2, 0.25) is 0 Å². The number of hydrogen-bond acceptors (Lipinski definition) is 1. The molecule has 0 aliphatic heterocycles. The molecule has 13 heavy (non-hydrogen) atoms. The van der Waals surface area contributed by atoms with Crippen LogP contribution in [0.5, 0.6) is 0 Å². The Bertz CT molecular complexity index is 97.3. The summed E-state index contributed by atoms with van der Waals surface area (Å²) in [6.07, 6.45) is 14.9. The van der Waals surface area contributed by atoms with Crippen molar-refractivity contribution in [1.29, 1.82) is 0 Å². The van der Waals surface area contributed by atoms with Crippen LogP contribution >= 0.6 is 0 Å². The Morgan fingerprint density at radius 1 is 0.923 bits per heavy atom. The summed E-state index contributed by atoms with van der Waals surface area (Å²) < 4.78 is 0. The lowest BCUT2D eigenvalue weighted by molar-refractivity contribution is 0.286. The molecule has 1 rings (SSSR count). The molecule has 0 amide bonds. The highest BCUT2D eigenvalue weighted by atomic mass is 14.2. The molecule has 0 bridgehead atoms. The van der Waals surface area contributed by atoms with E-state index in [0.717, 1.165) is 5.92 Å². The fourth-order valence-corrected chi connectivity index (χ4v) is 1.99. The second-order valence-corrected chi connectivity index (χ2v) is 4.35. The van der Waals surface area contributed by atoms with Gasteiger partial charge in [-0.05, 0) is 5.92 Å². The number of unbranched alkanes of at least 4 members (excludes halogenated alkanes) is 5. The van der Waals surface area contributed by atoms with Crippen LogP contribution in [0.1, 0.15) is 71.1 Å². The van der Waals surface area contributed by atoms with E-state index in [1.807, 2.05) is 0 Å². The summed E-state index contributed by atoms with van der Waals surface area (Å²) in [4.78, 5) is 0. The van der Waals surface area contributed by atoms with Crippen molar-refractivity contribution in [2.75, 3.05) is 0 Å². The van der Waals surface area contributed by atoms with Gasteiger partial charge in [0.25, 0.3) is 0 Å². The van der Waals surface area contributed by atoms with E-state index >= 15 is 0 Å². The molecule has 0 unspecified atom stereocenters. The maximum atomic E-state index is 2.29. The fraction of sp³-hybridized carbons (Fsp3) is 1.00. The summed E-state index contributed by atoms with van der Waals surface area (Å²) in [5.41, 5.74) is 0. The van der Waals surface area contributed by atoms with E-state index in [0.29, 0.717) is 0 Å². The molecule has 0 spiro atoms. The van der Waals surface area contributed by atoms with E-state index in [4.69, 9.17) is 0 Å². The molecule has 0 heterocycles. The zero-order valence-corrected chi connectivity index (χ0v) is 9.36. The van der Waals surface area contributed by atoms with Gasteiger partial charge in [0, 0.05) is 0 Å².